The van der Waals surface area contributed by atoms with Gasteiger partial charge in [0.05, 0.1) is 11.0 Å². The second-order valence-corrected chi connectivity index (χ2v) is 5.64. The van der Waals surface area contributed by atoms with Crippen molar-refractivity contribution in [3.8, 4) is 0 Å². The van der Waals surface area contributed by atoms with E-state index in [1.165, 1.54) is 0 Å². The van der Waals surface area contributed by atoms with Crippen LogP contribution in [0.25, 0.3) is 21.8 Å². The molecule has 0 amide bonds. The highest BCUT2D eigenvalue weighted by Gasteiger charge is 2.07. The minimum absolute atomic E-state index is 0.0978. The number of nitrogens with zero attached hydrogens (tertiary/aromatic N) is 1. The average Bonchev–Trinajstić information content (AvgIpc) is 3.00. The molecule has 1 heterocycles. The van der Waals surface area contributed by atoms with Crippen LogP contribution in [0.1, 0.15) is 11.4 Å². The molecule has 0 fully saturated rings. The number of hydrogen-bond acceptors (Lipinski definition) is 4. The highest BCUT2D eigenvalue weighted by Crippen LogP contribution is 2.21. The van der Waals surface area contributed by atoms with Crippen molar-refractivity contribution < 1.29 is 4.74 Å². The van der Waals surface area contributed by atoms with Crippen LogP contribution >= 0.6 is 0 Å². The van der Waals surface area contributed by atoms with E-state index in [0.29, 0.717) is 17.1 Å². The minimum atomic E-state index is 0.0978. The summed E-state index contributed by atoms with van der Waals surface area (Å²) in [5.41, 5.74) is 8.86. The Bertz CT molecular complexity index is 982. The molecule has 0 aliphatic carbocycles. The van der Waals surface area contributed by atoms with Gasteiger partial charge in [-0.25, -0.2) is 4.98 Å². The van der Waals surface area contributed by atoms with Gasteiger partial charge in [0.15, 0.2) is 0 Å². The Morgan fingerprint density at radius 3 is 2.50 bits per heavy atom. The summed E-state index contributed by atoms with van der Waals surface area (Å²) < 4.78 is 5.53. The molecule has 0 radical (unpaired) electrons. The Morgan fingerprint density at radius 1 is 1.04 bits per heavy atom. The van der Waals surface area contributed by atoms with Gasteiger partial charge in [-0.15, -0.1) is 0 Å². The van der Waals surface area contributed by atoms with Gasteiger partial charge >= 0.3 is 0 Å². The molecule has 1 aromatic heterocycles. The SMILES string of the molecule is N=C(OCc1nc2cc3ccccc3cc2[nH]1)c1ccc(N)cc1. The fourth-order valence-electron chi connectivity index (χ4n) is 2.68. The van der Waals surface area contributed by atoms with E-state index in [2.05, 4.69) is 34.2 Å². The number of nitrogens with two attached hydrogens (primary N) is 1. The van der Waals surface area contributed by atoms with Gasteiger partial charge in [0.1, 0.15) is 12.4 Å². The highest BCUT2D eigenvalue weighted by atomic mass is 16.5. The summed E-state index contributed by atoms with van der Waals surface area (Å²) in [6.45, 7) is 0.217. The largest absolute Gasteiger partial charge is 0.469 e. The molecule has 0 aliphatic heterocycles. The van der Waals surface area contributed by atoms with E-state index >= 15 is 0 Å². The lowest BCUT2D eigenvalue weighted by molar-refractivity contribution is 0.282. The number of nitrogen functional groups attached to an aromatic ring is 1. The van der Waals surface area contributed by atoms with Gasteiger partial charge in [0.2, 0.25) is 5.90 Å². The van der Waals surface area contributed by atoms with E-state index in [-0.39, 0.29) is 12.5 Å². The molecule has 118 valence electrons. The van der Waals surface area contributed by atoms with Crippen LogP contribution in [0.2, 0.25) is 0 Å². The van der Waals surface area contributed by atoms with E-state index in [1.807, 2.05) is 12.1 Å². The highest BCUT2D eigenvalue weighted by molar-refractivity contribution is 5.95. The summed E-state index contributed by atoms with van der Waals surface area (Å²) in [6, 6.07) is 19.3. The Labute approximate surface area is 138 Å². The zero-order valence-corrected chi connectivity index (χ0v) is 12.9. The maximum absolute atomic E-state index is 8.00. The quantitative estimate of drug-likeness (QED) is 0.305. The van der Waals surface area contributed by atoms with Gasteiger partial charge in [-0.2, -0.15) is 0 Å². The molecule has 0 saturated carbocycles. The fraction of sp³-hybridized carbons (Fsp3) is 0.0526. The number of fused-ring (bicyclic) bond motifs is 2. The monoisotopic (exact) mass is 316 g/mol. The first kappa shape index (κ1) is 14.3. The fourth-order valence-corrected chi connectivity index (χ4v) is 2.68. The number of anilines is 1. The number of ether oxygens (including phenoxy) is 1. The van der Waals surface area contributed by atoms with Gasteiger partial charge in [-0.1, -0.05) is 24.3 Å². The number of aromatic nitrogens is 2. The van der Waals surface area contributed by atoms with Crippen molar-refractivity contribution in [2.45, 2.75) is 6.61 Å². The molecule has 0 spiro atoms. The zero-order chi connectivity index (χ0) is 16.5. The average molecular weight is 316 g/mol. The molecule has 0 unspecified atom stereocenters. The van der Waals surface area contributed by atoms with Gasteiger partial charge in [0, 0.05) is 11.3 Å². The molecule has 4 rings (SSSR count). The first-order valence-corrected chi connectivity index (χ1v) is 7.64. The van der Waals surface area contributed by atoms with Crippen LogP contribution in [0, 0.1) is 5.41 Å². The third-order valence-corrected chi connectivity index (χ3v) is 3.92. The first-order valence-electron chi connectivity index (χ1n) is 7.64. The molecule has 4 N–H and O–H groups in total. The summed E-state index contributed by atoms with van der Waals surface area (Å²) >= 11 is 0. The predicted octanol–water partition coefficient (Wildman–Crippen LogP) is 3.84. The number of rotatable bonds is 3. The summed E-state index contributed by atoms with van der Waals surface area (Å²) in [5, 5.41) is 10.3. The molecule has 5 heteroatoms. The summed E-state index contributed by atoms with van der Waals surface area (Å²) in [4.78, 5) is 7.80. The molecule has 0 aliphatic rings. The van der Waals surface area contributed by atoms with Gasteiger partial charge in [0.25, 0.3) is 0 Å². The molecular weight excluding hydrogens is 300 g/mol. The van der Waals surface area contributed by atoms with Crippen molar-refractivity contribution in [3.63, 3.8) is 0 Å². The van der Waals surface area contributed by atoms with Crippen molar-refractivity contribution in [2.24, 2.45) is 0 Å². The molecule has 0 saturated heterocycles. The molecule has 5 nitrogen and oxygen atoms in total. The standard InChI is InChI=1S/C19H16N4O/c20-15-7-5-12(6-8-15)19(21)24-11-18-22-16-9-13-3-1-2-4-14(13)10-17(16)23-18/h1-10,21H,11,20H2,(H,22,23). The van der Waals surface area contributed by atoms with E-state index in [9.17, 15) is 0 Å². The van der Waals surface area contributed by atoms with E-state index in [1.54, 1.807) is 24.3 Å². The van der Waals surface area contributed by atoms with Crippen LogP contribution < -0.4 is 5.73 Å². The molecular formula is C19H16N4O. The number of nitrogens with one attached hydrogen (secondary N) is 2. The van der Waals surface area contributed by atoms with Crippen molar-refractivity contribution in [3.05, 3.63) is 72.1 Å². The van der Waals surface area contributed by atoms with Crippen LogP contribution in [0.5, 0.6) is 0 Å². The summed E-state index contributed by atoms with van der Waals surface area (Å²) in [5.74, 6) is 0.793. The van der Waals surface area contributed by atoms with E-state index in [0.717, 1.165) is 21.8 Å². The van der Waals surface area contributed by atoms with Gasteiger partial charge in [-0.05, 0) is 47.2 Å². The Balaban J connectivity index is 1.55. The van der Waals surface area contributed by atoms with Crippen LogP contribution in [-0.2, 0) is 11.3 Å². The van der Waals surface area contributed by atoms with E-state index in [4.69, 9.17) is 15.9 Å². The van der Waals surface area contributed by atoms with Crippen LogP contribution in [0.3, 0.4) is 0 Å². The lowest BCUT2D eigenvalue weighted by Crippen LogP contribution is -2.06. The Hall–Kier alpha value is -3.34. The second-order valence-electron chi connectivity index (χ2n) is 5.64. The lowest BCUT2D eigenvalue weighted by atomic mass is 10.1. The third-order valence-electron chi connectivity index (χ3n) is 3.92. The van der Waals surface area contributed by atoms with Gasteiger partial charge in [-0.3, -0.25) is 5.41 Å². The first-order chi connectivity index (χ1) is 11.7. The maximum Gasteiger partial charge on any atom is 0.213 e. The number of H-pyrrole nitrogens is 1. The smallest absolute Gasteiger partial charge is 0.213 e. The van der Waals surface area contributed by atoms with Crippen LogP contribution in [-0.4, -0.2) is 15.9 Å². The van der Waals surface area contributed by atoms with E-state index < -0.39 is 0 Å². The number of hydrogen-bond donors (Lipinski definition) is 3. The molecule has 0 bridgehead atoms. The molecule has 3 aromatic carbocycles. The lowest BCUT2D eigenvalue weighted by Gasteiger charge is -2.05. The predicted molar refractivity (Wildman–Crippen MR) is 96.1 cm³/mol. The number of imidazole rings is 1. The molecule has 4 aromatic rings. The minimum Gasteiger partial charge on any atom is -0.469 e. The Kier molecular flexibility index (Phi) is 3.39. The number of benzene rings is 3. The van der Waals surface area contributed by atoms with Crippen molar-refractivity contribution in [2.75, 3.05) is 5.73 Å². The molecule has 0 atom stereocenters. The third kappa shape index (κ3) is 2.67. The van der Waals surface area contributed by atoms with Crippen molar-refractivity contribution in [1.82, 2.24) is 9.97 Å². The van der Waals surface area contributed by atoms with Crippen LogP contribution in [0.4, 0.5) is 5.69 Å². The zero-order valence-electron chi connectivity index (χ0n) is 12.9. The normalized spacial score (nSPS) is 11.0. The topological polar surface area (TPSA) is 87.8 Å². The van der Waals surface area contributed by atoms with Crippen LogP contribution in [0.15, 0.2) is 60.7 Å². The van der Waals surface area contributed by atoms with Crippen molar-refractivity contribution in [1.29, 1.82) is 5.41 Å². The molecule has 24 heavy (non-hydrogen) atoms. The number of aromatic amines is 1. The summed E-state index contributed by atoms with van der Waals surface area (Å²) in [6.07, 6.45) is 0. The maximum atomic E-state index is 8.00. The Morgan fingerprint density at radius 2 is 1.75 bits per heavy atom. The summed E-state index contributed by atoms with van der Waals surface area (Å²) in [7, 11) is 0. The second kappa shape index (κ2) is 5.70. The van der Waals surface area contributed by atoms with Gasteiger partial charge < -0.3 is 15.5 Å². The van der Waals surface area contributed by atoms with Crippen molar-refractivity contribution >= 4 is 33.4 Å².